The Morgan fingerprint density at radius 2 is 1.32 bits per heavy atom. The van der Waals surface area contributed by atoms with Crippen molar-refractivity contribution in [3.8, 4) is 11.1 Å². The highest BCUT2D eigenvalue weighted by Gasteiger charge is 2.33. The Labute approximate surface area is 277 Å². The number of hydrogen-bond acceptors (Lipinski definition) is 5. The summed E-state index contributed by atoms with van der Waals surface area (Å²) in [5.74, 6) is -0.0528. The first-order chi connectivity index (χ1) is 23.0. The van der Waals surface area contributed by atoms with Gasteiger partial charge in [0.25, 0.3) is 0 Å². The molecule has 3 atom stereocenters. The van der Waals surface area contributed by atoms with Crippen LogP contribution in [0.5, 0.6) is 0 Å². The number of hydrogen-bond donors (Lipinski definition) is 2. The molecule has 0 radical (unpaired) electrons. The standard InChI is InChI=1S/C41H42N2O4/c1-30(45)42-25-37-14-8-9-15-39(37)34-20-22-36(23-21-34)41-46-38(24-40(47-41)35-18-16-33(29-44)17-19-35)28-43(26-31-10-4-2-5-11-31)27-32-12-6-3-7-13-32/h2-23,38,40-41,44H,24-29H2,1H3,(H,42,45)/t38-,40+,41+/m0/s1. The molecule has 240 valence electrons. The van der Waals surface area contributed by atoms with Crippen molar-refractivity contribution >= 4 is 5.91 Å². The molecule has 1 aliphatic heterocycles. The average Bonchev–Trinajstić information content (AvgIpc) is 3.11. The SMILES string of the molecule is CC(=O)NCc1ccccc1-c1ccc([C@@H]2O[C@H](CN(Cc3ccccc3)Cc3ccccc3)C[C@H](c3ccc(CO)cc3)O2)cc1. The van der Waals surface area contributed by atoms with Gasteiger partial charge in [-0.3, -0.25) is 9.69 Å². The van der Waals surface area contributed by atoms with E-state index in [0.717, 1.165) is 53.0 Å². The lowest BCUT2D eigenvalue weighted by atomic mass is 9.97. The lowest BCUT2D eigenvalue weighted by molar-refractivity contribution is -0.253. The van der Waals surface area contributed by atoms with Crippen LogP contribution in [0.15, 0.2) is 133 Å². The van der Waals surface area contributed by atoms with Gasteiger partial charge in [0.2, 0.25) is 5.91 Å². The summed E-state index contributed by atoms with van der Waals surface area (Å²) in [4.78, 5) is 14.0. The Morgan fingerprint density at radius 1 is 0.723 bits per heavy atom. The number of carbonyl (C=O) groups is 1. The maximum Gasteiger partial charge on any atom is 0.217 e. The predicted octanol–water partition coefficient (Wildman–Crippen LogP) is 7.73. The number of nitrogens with one attached hydrogen (secondary N) is 1. The first kappa shape index (κ1) is 32.4. The number of rotatable bonds is 12. The van der Waals surface area contributed by atoms with Crippen LogP contribution in [0.2, 0.25) is 0 Å². The molecule has 1 heterocycles. The number of nitrogens with zero attached hydrogens (tertiary/aromatic N) is 1. The number of ether oxygens (including phenoxy) is 2. The first-order valence-electron chi connectivity index (χ1n) is 16.3. The highest BCUT2D eigenvalue weighted by Crippen LogP contribution is 2.39. The minimum atomic E-state index is -0.546. The molecule has 0 unspecified atom stereocenters. The third-order valence-corrected chi connectivity index (χ3v) is 8.61. The first-order valence-corrected chi connectivity index (χ1v) is 16.3. The molecule has 6 heteroatoms. The Hall–Kier alpha value is -4.59. The van der Waals surface area contributed by atoms with Gasteiger partial charge < -0.3 is 19.9 Å². The second-order valence-corrected chi connectivity index (χ2v) is 12.2. The van der Waals surface area contributed by atoms with Gasteiger partial charge >= 0.3 is 0 Å². The van der Waals surface area contributed by atoms with E-state index >= 15 is 0 Å². The van der Waals surface area contributed by atoms with Crippen LogP contribution in [0.4, 0.5) is 0 Å². The van der Waals surface area contributed by atoms with Crippen LogP contribution in [0.1, 0.15) is 59.1 Å². The second-order valence-electron chi connectivity index (χ2n) is 12.2. The summed E-state index contributed by atoms with van der Waals surface area (Å²) in [5, 5.41) is 12.5. The smallest absolute Gasteiger partial charge is 0.217 e. The van der Waals surface area contributed by atoms with Gasteiger partial charge in [0.15, 0.2) is 6.29 Å². The zero-order valence-corrected chi connectivity index (χ0v) is 26.8. The number of aliphatic hydroxyl groups is 1. The van der Waals surface area contributed by atoms with Crippen LogP contribution >= 0.6 is 0 Å². The maximum atomic E-state index is 11.6. The molecule has 0 spiro atoms. The monoisotopic (exact) mass is 626 g/mol. The predicted molar refractivity (Wildman–Crippen MR) is 185 cm³/mol. The van der Waals surface area contributed by atoms with Gasteiger partial charge in [0.05, 0.1) is 18.8 Å². The molecule has 0 saturated carbocycles. The van der Waals surface area contributed by atoms with Crippen LogP contribution in [-0.2, 0) is 40.5 Å². The maximum absolute atomic E-state index is 11.6. The fraction of sp³-hybridized carbons (Fsp3) is 0.244. The van der Waals surface area contributed by atoms with Gasteiger partial charge in [-0.05, 0) is 38.9 Å². The second kappa shape index (κ2) is 15.8. The third-order valence-electron chi connectivity index (χ3n) is 8.61. The van der Waals surface area contributed by atoms with E-state index in [2.05, 4.69) is 113 Å². The highest BCUT2D eigenvalue weighted by molar-refractivity contribution is 5.74. The van der Waals surface area contributed by atoms with E-state index in [1.807, 2.05) is 30.3 Å². The largest absolute Gasteiger partial charge is 0.392 e. The number of benzene rings is 5. The topological polar surface area (TPSA) is 71.0 Å². The minimum Gasteiger partial charge on any atom is -0.392 e. The van der Waals surface area contributed by atoms with Crippen molar-refractivity contribution in [2.24, 2.45) is 0 Å². The van der Waals surface area contributed by atoms with E-state index in [-0.39, 0.29) is 24.7 Å². The summed E-state index contributed by atoms with van der Waals surface area (Å²) in [6, 6.07) is 45.7. The van der Waals surface area contributed by atoms with E-state index in [1.165, 1.54) is 18.1 Å². The Bertz CT molecular complexity index is 1670. The van der Waals surface area contributed by atoms with Gasteiger partial charge in [-0.15, -0.1) is 0 Å². The number of carbonyl (C=O) groups excluding carboxylic acids is 1. The van der Waals surface area contributed by atoms with E-state index in [4.69, 9.17) is 9.47 Å². The molecule has 6 rings (SSSR count). The normalized spacial score (nSPS) is 17.8. The molecular weight excluding hydrogens is 584 g/mol. The van der Waals surface area contributed by atoms with Crippen LogP contribution < -0.4 is 5.32 Å². The molecule has 47 heavy (non-hydrogen) atoms. The summed E-state index contributed by atoms with van der Waals surface area (Å²) in [6.45, 7) is 4.37. The molecule has 0 aromatic heterocycles. The average molecular weight is 627 g/mol. The molecule has 1 aliphatic rings. The fourth-order valence-corrected chi connectivity index (χ4v) is 6.18. The van der Waals surface area contributed by atoms with Crippen molar-refractivity contribution in [2.75, 3.05) is 6.54 Å². The Morgan fingerprint density at radius 3 is 1.94 bits per heavy atom. The van der Waals surface area contributed by atoms with Gasteiger partial charge in [0.1, 0.15) is 0 Å². The van der Waals surface area contributed by atoms with Crippen molar-refractivity contribution in [3.05, 3.63) is 167 Å². The summed E-state index contributed by atoms with van der Waals surface area (Å²) in [5.41, 5.74) is 8.62. The lowest BCUT2D eigenvalue weighted by Gasteiger charge is -2.38. The zero-order valence-electron chi connectivity index (χ0n) is 26.8. The van der Waals surface area contributed by atoms with E-state index in [9.17, 15) is 9.90 Å². The van der Waals surface area contributed by atoms with Crippen molar-refractivity contribution in [1.29, 1.82) is 0 Å². The summed E-state index contributed by atoms with van der Waals surface area (Å²) in [7, 11) is 0. The molecule has 5 aromatic carbocycles. The molecule has 6 nitrogen and oxygen atoms in total. The quantitative estimate of drug-likeness (QED) is 0.148. The molecular formula is C41H42N2O4. The molecule has 1 saturated heterocycles. The van der Waals surface area contributed by atoms with Gasteiger partial charge in [-0.1, -0.05) is 133 Å². The van der Waals surface area contributed by atoms with E-state index < -0.39 is 6.29 Å². The van der Waals surface area contributed by atoms with Crippen molar-refractivity contribution in [1.82, 2.24) is 10.2 Å². The molecule has 0 bridgehead atoms. The van der Waals surface area contributed by atoms with Crippen molar-refractivity contribution < 1.29 is 19.4 Å². The fourth-order valence-electron chi connectivity index (χ4n) is 6.18. The van der Waals surface area contributed by atoms with Crippen LogP contribution in [0.3, 0.4) is 0 Å². The summed E-state index contributed by atoms with van der Waals surface area (Å²) < 4.78 is 13.4. The Balaban J connectivity index is 1.26. The molecule has 1 amide bonds. The lowest BCUT2D eigenvalue weighted by Crippen LogP contribution is -2.39. The zero-order chi connectivity index (χ0) is 32.4. The van der Waals surface area contributed by atoms with Crippen molar-refractivity contribution in [2.45, 2.75) is 58.1 Å². The highest BCUT2D eigenvalue weighted by atomic mass is 16.7. The molecule has 1 fully saturated rings. The van der Waals surface area contributed by atoms with Crippen LogP contribution in [0, 0.1) is 0 Å². The Kier molecular flexibility index (Phi) is 10.9. The van der Waals surface area contributed by atoms with Crippen LogP contribution in [-0.4, -0.2) is 28.6 Å². The third kappa shape index (κ3) is 8.82. The minimum absolute atomic E-state index is 0.00832. The van der Waals surface area contributed by atoms with Gasteiger partial charge in [-0.2, -0.15) is 0 Å². The number of amides is 1. The van der Waals surface area contributed by atoms with Gasteiger partial charge in [0, 0.05) is 45.1 Å². The van der Waals surface area contributed by atoms with Gasteiger partial charge in [-0.25, -0.2) is 0 Å². The van der Waals surface area contributed by atoms with Crippen LogP contribution in [0.25, 0.3) is 11.1 Å². The number of aliphatic hydroxyl groups excluding tert-OH is 1. The van der Waals surface area contributed by atoms with Crippen molar-refractivity contribution in [3.63, 3.8) is 0 Å². The summed E-state index contributed by atoms with van der Waals surface area (Å²) >= 11 is 0. The molecule has 2 N–H and O–H groups in total. The summed E-state index contributed by atoms with van der Waals surface area (Å²) in [6.07, 6.45) is -0.0826. The molecule has 5 aromatic rings. The van der Waals surface area contributed by atoms with E-state index in [1.54, 1.807) is 0 Å². The van der Waals surface area contributed by atoms with E-state index in [0.29, 0.717) is 13.0 Å². The molecule has 0 aliphatic carbocycles.